The molecule has 0 aliphatic heterocycles. The van der Waals surface area contributed by atoms with E-state index in [0.717, 1.165) is 31.4 Å². The Balaban J connectivity index is 1.76. The van der Waals surface area contributed by atoms with Crippen LogP contribution in [0.25, 0.3) is 0 Å². The Morgan fingerprint density at radius 2 is 1.91 bits per heavy atom. The van der Waals surface area contributed by atoms with Crippen LogP contribution in [0.2, 0.25) is 0 Å². The maximum Gasteiger partial charge on any atom is 0.242 e. The molecule has 1 aliphatic carbocycles. The third kappa shape index (κ3) is 5.37. The van der Waals surface area contributed by atoms with Crippen LogP contribution in [0.5, 0.6) is 0 Å². The van der Waals surface area contributed by atoms with Gasteiger partial charge in [0.05, 0.1) is 0 Å². The number of carbonyl (C=O) groups is 2. The summed E-state index contributed by atoms with van der Waals surface area (Å²) in [5.74, 6) is 0.930. The zero-order valence-corrected chi connectivity index (χ0v) is 13.8. The summed E-state index contributed by atoms with van der Waals surface area (Å²) in [4.78, 5) is 24.9. The lowest BCUT2D eigenvalue weighted by atomic mass is 9.97. The van der Waals surface area contributed by atoms with Crippen LogP contribution in [0.1, 0.15) is 32.6 Å². The molecule has 0 aromatic heterocycles. The first-order valence-electron chi connectivity index (χ1n) is 7.89. The van der Waals surface area contributed by atoms with E-state index in [9.17, 15) is 9.59 Å². The minimum absolute atomic E-state index is 0.0456. The summed E-state index contributed by atoms with van der Waals surface area (Å²) in [5, 5.41) is 5.78. The summed E-state index contributed by atoms with van der Waals surface area (Å²) in [7, 11) is 0. The van der Waals surface area contributed by atoms with Crippen LogP contribution in [0.4, 0.5) is 0 Å². The highest BCUT2D eigenvalue weighted by molar-refractivity contribution is 7.99. The van der Waals surface area contributed by atoms with Gasteiger partial charge in [-0.3, -0.25) is 9.59 Å². The predicted octanol–water partition coefficient (Wildman–Crippen LogP) is 2.59. The van der Waals surface area contributed by atoms with Gasteiger partial charge in [-0.1, -0.05) is 31.0 Å². The van der Waals surface area contributed by atoms with E-state index in [2.05, 4.69) is 22.8 Å². The van der Waals surface area contributed by atoms with Crippen LogP contribution in [0, 0.1) is 5.92 Å². The van der Waals surface area contributed by atoms with E-state index in [4.69, 9.17) is 0 Å². The van der Waals surface area contributed by atoms with Crippen LogP contribution in [-0.4, -0.2) is 30.2 Å². The molecule has 120 valence electrons. The highest BCUT2D eigenvalue weighted by Crippen LogP contribution is 2.28. The van der Waals surface area contributed by atoms with E-state index in [1.54, 1.807) is 11.8 Å². The summed E-state index contributed by atoms with van der Waals surface area (Å²) in [6.45, 7) is 2.09. The first-order valence-corrected chi connectivity index (χ1v) is 8.88. The highest BCUT2D eigenvalue weighted by atomic mass is 32.2. The third-order valence-electron chi connectivity index (χ3n) is 3.93. The zero-order chi connectivity index (χ0) is 15.8. The molecule has 1 unspecified atom stereocenters. The number of nitrogens with one attached hydrogen (secondary N) is 2. The molecule has 1 aliphatic rings. The van der Waals surface area contributed by atoms with Gasteiger partial charge in [0.2, 0.25) is 11.8 Å². The van der Waals surface area contributed by atoms with Gasteiger partial charge in [-0.25, -0.2) is 0 Å². The van der Waals surface area contributed by atoms with Gasteiger partial charge in [-0.05, 0) is 30.9 Å². The van der Waals surface area contributed by atoms with Gasteiger partial charge < -0.3 is 10.6 Å². The van der Waals surface area contributed by atoms with Crippen molar-refractivity contribution in [3.05, 3.63) is 30.3 Å². The average Bonchev–Trinajstić information content (AvgIpc) is 3.04. The van der Waals surface area contributed by atoms with E-state index in [1.165, 1.54) is 11.8 Å². The van der Waals surface area contributed by atoms with Gasteiger partial charge in [0, 0.05) is 24.1 Å². The van der Waals surface area contributed by atoms with E-state index in [-0.39, 0.29) is 23.8 Å². The van der Waals surface area contributed by atoms with Crippen LogP contribution in [-0.2, 0) is 9.59 Å². The molecule has 1 fully saturated rings. The van der Waals surface area contributed by atoms with Crippen LogP contribution in [0.3, 0.4) is 0 Å². The van der Waals surface area contributed by atoms with E-state index < -0.39 is 0 Å². The van der Waals surface area contributed by atoms with Gasteiger partial charge in [-0.15, -0.1) is 11.8 Å². The fourth-order valence-electron chi connectivity index (χ4n) is 2.88. The molecule has 1 aromatic carbocycles. The molecule has 1 atom stereocenters. The number of hydrogen-bond donors (Lipinski definition) is 2. The lowest BCUT2D eigenvalue weighted by Gasteiger charge is -2.23. The van der Waals surface area contributed by atoms with Crippen LogP contribution < -0.4 is 10.6 Å². The normalized spacial score (nSPS) is 16.2. The second-order valence-corrected chi connectivity index (χ2v) is 6.84. The lowest BCUT2D eigenvalue weighted by molar-refractivity contribution is -0.129. The van der Waals surface area contributed by atoms with Crippen molar-refractivity contribution in [2.75, 3.05) is 12.3 Å². The number of amides is 2. The minimum atomic E-state index is -0.373. The second-order valence-electron chi connectivity index (χ2n) is 5.68. The fourth-order valence-corrected chi connectivity index (χ4v) is 3.67. The molecule has 5 heteroatoms. The van der Waals surface area contributed by atoms with Gasteiger partial charge in [0.15, 0.2) is 0 Å². The Morgan fingerprint density at radius 3 is 2.55 bits per heavy atom. The van der Waals surface area contributed by atoms with Crippen molar-refractivity contribution in [2.45, 2.75) is 43.5 Å². The van der Waals surface area contributed by atoms with Gasteiger partial charge in [-0.2, -0.15) is 0 Å². The van der Waals surface area contributed by atoms with Crippen molar-refractivity contribution in [2.24, 2.45) is 5.92 Å². The number of benzene rings is 1. The van der Waals surface area contributed by atoms with Crippen molar-refractivity contribution in [3.63, 3.8) is 0 Å². The molecule has 1 aromatic rings. The molecular formula is C17H24N2O2S. The van der Waals surface area contributed by atoms with Gasteiger partial charge in [0.1, 0.15) is 6.04 Å². The highest BCUT2D eigenvalue weighted by Gasteiger charge is 2.30. The Morgan fingerprint density at radius 1 is 1.23 bits per heavy atom. The number of carbonyl (C=O) groups excluding carboxylic acids is 2. The Hall–Kier alpha value is -1.49. The van der Waals surface area contributed by atoms with E-state index in [1.807, 2.05) is 18.2 Å². The summed E-state index contributed by atoms with van der Waals surface area (Å²) < 4.78 is 0. The van der Waals surface area contributed by atoms with Crippen molar-refractivity contribution in [1.82, 2.24) is 10.6 Å². The Bertz CT molecular complexity index is 487. The molecule has 0 spiro atoms. The molecule has 0 radical (unpaired) electrons. The maximum absolute atomic E-state index is 12.3. The molecule has 2 rings (SSSR count). The smallest absolute Gasteiger partial charge is 0.242 e. The third-order valence-corrected chi connectivity index (χ3v) is 4.94. The van der Waals surface area contributed by atoms with Crippen molar-refractivity contribution in [1.29, 1.82) is 0 Å². The molecule has 0 bridgehead atoms. The molecule has 0 heterocycles. The van der Waals surface area contributed by atoms with Crippen LogP contribution >= 0.6 is 11.8 Å². The largest absolute Gasteiger partial charge is 0.353 e. The zero-order valence-electron chi connectivity index (χ0n) is 13.0. The number of rotatable bonds is 7. The SMILES string of the molecule is CC(=O)NC(C(=O)NCCSc1ccccc1)C1CCCC1. The standard InChI is InChI=1S/C17H24N2O2S/c1-13(20)19-16(14-7-5-6-8-14)17(21)18-11-12-22-15-9-3-2-4-10-15/h2-4,9-10,14,16H,5-8,11-12H2,1H3,(H,18,21)(H,19,20). The van der Waals surface area contributed by atoms with Crippen molar-refractivity contribution >= 4 is 23.6 Å². The van der Waals surface area contributed by atoms with Crippen LogP contribution in [0.15, 0.2) is 35.2 Å². The average molecular weight is 320 g/mol. The molecule has 1 saturated carbocycles. The van der Waals surface area contributed by atoms with Gasteiger partial charge in [0.25, 0.3) is 0 Å². The number of thioether (sulfide) groups is 1. The van der Waals surface area contributed by atoms with Crippen molar-refractivity contribution in [3.8, 4) is 0 Å². The first-order chi connectivity index (χ1) is 10.7. The summed E-state index contributed by atoms with van der Waals surface area (Å²) in [5.41, 5.74) is 0. The fraction of sp³-hybridized carbons (Fsp3) is 0.529. The molecule has 4 nitrogen and oxygen atoms in total. The Kier molecular flexibility index (Phi) is 6.77. The quantitative estimate of drug-likeness (QED) is 0.600. The molecule has 22 heavy (non-hydrogen) atoms. The second kappa shape index (κ2) is 8.83. The molecule has 2 amide bonds. The lowest BCUT2D eigenvalue weighted by Crippen LogP contribution is -2.50. The summed E-state index contributed by atoms with van der Waals surface area (Å²) in [6.07, 6.45) is 4.35. The molecule has 0 saturated heterocycles. The van der Waals surface area contributed by atoms with Gasteiger partial charge >= 0.3 is 0 Å². The first kappa shape index (κ1) is 16.9. The molecule has 2 N–H and O–H groups in total. The summed E-state index contributed by atoms with van der Waals surface area (Å²) in [6, 6.07) is 9.75. The monoisotopic (exact) mass is 320 g/mol. The topological polar surface area (TPSA) is 58.2 Å². The predicted molar refractivity (Wildman–Crippen MR) is 89.7 cm³/mol. The van der Waals surface area contributed by atoms with E-state index in [0.29, 0.717) is 6.54 Å². The number of hydrogen-bond acceptors (Lipinski definition) is 3. The van der Waals surface area contributed by atoms with E-state index >= 15 is 0 Å². The summed E-state index contributed by atoms with van der Waals surface area (Å²) >= 11 is 1.72. The maximum atomic E-state index is 12.3. The minimum Gasteiger partial charge on any atom is -0.353 e. The molecular weight excluding hydrogens is 296 g/mol. The Labute approximate surface area is 136 Å². The van der Waals surface area contributed by atoms with Crippen molar-refractivity contribution < 1.29 is 9.59 Å².